The molecular formula is C17H19N3O4. The highest BCUT2D eigenvalue weighted by Crippen LogP contribution is 2.26. The summed E-state index contributed by atoms with van der Waals surface area (Å²) in [6.07, 6.45) is 1.31. The van der Waals surface area contributed by atoms with Crippen LogP contribution in [-0.2, 0) is 4.79 Å². The molecule has 1 fully saturated rings. The monoisotopic (exact) mass is 329 g/mol. The molecule has 7 heteroatoms. The van der Waals surface area contributed by atoms with Crippen molar-refractivity contribution in [3.05, 3.63) is 35.7 Å². The van der Waals surface area contributed by atoms with Gasteiger partial charge < -0.3 is 14.4 Å². The summed E-state index contributed by atoms with van der Waals surface area (Å²) in [4.78, 5) is 25.7. The van der Waals surface area contributed by atoms with Gasteiger partial charge in [-0.15, -0.1) is 10.2 Å². The molecule has 2 heterocycles. The van der Waals surface area contributed by atoms with Crippen molar-refractivity contribution in [3.63, 3.8) is 0 Å². The molecule has 1 aliphatic heterocycles. The third-order valence-corrected chi connectivity index (χ3v) is 4.47. The molecule has 1 aromatic carbocycles. The first kappa shape index (κ1) is 16.2. The number of aromatic nitrogens is 2. The van der Waals surface area contributed by atoms with Gasteiger partial charge in [0.1, 0.15) is 0 Å². The van der Waals surface area contributed by atoms with Crippen molar-refractivity contribution in [2.45, 2.75) is 32.7 Å². The molecule has 3 rings (SSSR count). The second kappa shape index (κ2) is 6.43. The van der Waals surface area contributed by atoms with Crippen LogP contribution >= 0.6 is 0 Å². The van der Waals surface area contributed by atoms with Gasteiger partial charge in [0.25, 0.3) is 5.91 Å². The molecule has 1 aromatic heterocycles. The number of nitrogens with zero attached hydrogens (tertiary/aromatic N) is 3. The van der Waals surface area contributed by atoms with Gasteiger partial charge in [0.05, 0.1) is 5.92 Å². The Labute approximate surface area is 139 Å². The maximum atomic E-state index is 12.7. The van der Waals surface area contributed by atoms with Crippen molar-refractivity contribution in [2.75, 3.05) is 6.54 Å². The number of hydrogen-bond donors (Lipinski definition) is 1. The highest BCUT2D eigenvalue weighted by Gasteiger charge is 2.35. The lowest BCUT2D eigenvalue weighted by Crippen LogP contribution is -2.49. The first-order valence-electron chi connectivity index (χ1n) is 7.91. The van der Waals surface area contributed by atoms with Crippen molar-refractivity contribution in [3.8, 4) is 11.5 Å². The lowest BCUT2D eigenvalue weighted by atomic mass is 9.90. The normalized spacial score (nSPS) is 20.8. The highest BCUT2D eigenvalue weighted by molar-refractivity contribution is 5.95. The zero-order valence-electron chi connectivity index (χ0n) is 13.6. The number of rotatable bonds is 3. The number of amides is 1. The van der Waals surface area contributed by atoms with Gasteiger partial charge in [0.15, 0.2) is 0 Å². The molecule has 2 unspecified atom stereocenters. The van der Waals surface area contributed by atoms with Crippen LogP contribution in [0.4, 0.5) is 0 Å². The van der Waals surface area contributed by atoms with Gasteiger partial charge >= 0.3 is 5.97 Å². The van der Waals surface area contributed by atoms with E-state index in [9.17, 15) is 14.7 Å². The van der Waals surface area contributed by atoms with Crippen molar-refractivity contribution in [1.29, 1.82) is 0 Å². The Hall–Kier alpha value is -2.70. The number of aryl methyl sites for hydroxylation is 1. The molecule has 1 aliphatic rings. The van der Waals surface area contributed by atoms with Gasteiger partial charge in [-0.2, -0.15) is 0 Å². The van der Waals surface area contributed by atoms with Crippen LogP contribution in [0, 0.1) is 12.8 Å². The third kappa shape index (κ3) is 3.02. The van der Waals surface area contributed by atoms with Crippen LogP contribution in [0.5, 0.6) is 0 Å². The van der Waals surface area contributed by atoms with E-state index in [0.29, 0.717) is 36.7 Å². The maximum absolute atomic E-state index is 12.7. The van der Waals surface area contributed by atoms with Crippen LogP contribution in [0.15, 0.2) is 28.7 Å². The maximum Gasteiger partial charge on any atom is 0.308 e. The van der Waals surface area contributed by atoms with E-state index in [4.69, 9.17) is 4.42 Å². The van der Waals surface area contributed by atoms with Crippen LogP contribution in [-0.4, -0.2) is 44.7 Å². The van der Waals surface area contributed by atoms with E-state index in [2.05, 4.69) is 10.2 Å². The van der Waals surface area contributed by atoms with Crippen LogP contribution in [0.1, 0.15) is 36.0 Å². The first-order valence-corrected chi connectivity index (χ1v) is 7.91. The fraction of sp³-hybridized carbons (Fsp3) is 0.412. The molecule has 0 aliphatic carbocycles. The van der Waals surface area contributed by atoms with Crippen LogP contribution in [0.3, 0.4) is 0 Å². The molecule has 1 N–H and O–H groups in total. The average Bonchev–Trinajstić information content (AvgIpc) is 3.01. The van der Waals surface area contributed by atoms with Gasteiger partial charge in [-0.3, -0.25) is 9.59 Å². The molecule has 1 saturated heterocycles. The van der Waals surface area contributed by atoms with Gasteiger partial charge in [-0.1, -0.05) is 0 Å². The minimum atomic E-state index is -0.845. The summed E-state index contributed by atoms with van der Waals surface area (Å²) in [7, 11) is 0. The van der Waals surface area contributed by atoms with E-state index in [1.165, 1.54) is 0 Å². The number of piperidine rings is 1. The third-order valence-electron chi connectivity index (χ3n) is 4.47. The zero-order chi connectivity index (χ0) is 17.3. The second-order valence-corrected chi connectivity index (χ2v) is 6.03. The standard InChI is InChI=1S/C17H19N3O4/c1-10-14(17(22)23)4-3-9-20(10)16(21)13-7-5-12(6-8-13)15-19-18-11(2)24-15/h5-8,10,14H,3-4,9H2,1-2H3,(H,22,23). The summed E-state index contributed by atoms with van der Waals surface area (Å²) in [6, 6.07) is 6.59. The van der Waals surface area contributed by atoms with E-state index >= 15 is 0 Å². The number of likely N-dealkylation sites (tertiary alicyclic amines) is 1. The minimum absolute atomic E-state index is 0.151. The summed E-state index contributed by atoms with van der Waals surface area (Å²) in [5.74, 6) is -0.622. The number of carboxylic acid groups (broad SMARTS) is 1. The van der Waals surface area contributed by atoms with Crippen LogP contribution in [0.2, 0.25) is 0 Å². The van der Waals surface area contributed by atoms with Crippen LogP contribution < -0.4 is 0 Å². The van der Waals surface area contributed by atoms with Gasteiger partial charge in [0.2, 0.25) is 11.8 Å². The molecule has 0 radical (unpaired) electrons. The van der Waals surface area contributed by atoms with E-state index in [-0.39, 0.29) is 11.9 Å². The Morgan fingerprint density at radius 3 is 2.54 bits per heavy atom. The van der Waals surface area contributed by atoms with Gasteiger partial charge in [-0.05, 0) is 44.0 Å². The number of aliphatic carboxylic acids is 1. The molecule has 0 spiro atoms. The van der Waals surface area contributed by atoms with E-state index in [1.54, 1.807) is 43.0 Å². The Bertz CT molecular complexity index is 753. The fourth-order valence-corrected chi connectivity index (χ4v) is 3.09. The molecule has 2 atom stereocenters. The number of carboxylic acids is 1. The highest BCUT2D eigenvalue weighted by atomic mass is 16.4. The number of carbonyl (C=O) groups excluding carboxylic acids is 1. The first-order chi connectivity index (χ1) is 11.5. The molecule has 0 bridgehead atoms. The summed E-state index contributed by atoms with van der Waals surface area (Å²) in [5, 5.41) is 17.0. The molecule has 2 aromatic rings. The molecule has 7 nitrogen and oxygen atoms in total. The Kier molecular flexibility index (Phi) is 4.33. The predicted molar refractivity (Wildman–Crippen MR) is 85.3 cm³/mol. The average molecular weight is 329 g/mol. The second-order valence-electron chi connectivity index (χ2n) is 6.03. The van der Waals surface area contributed by atoms with Crippen molar-refractivity contribution in [1.82, 2.24) is 15.1 Å². The number of carbonyl (C=O) groups is 2. The molecule has 0 saturated carbocycles. The Balaban J connectivity index is 1.78. The summed E-state index contributed by atoms with van der Waals surface area (Å²) >= 11 is 0. The Morgan fingerprint density at radius 2 is 1.96 bits per heavy atom. The smallest absolute Gasteiger partial charge is 0.308 e. The molecular weight excluding hydrogens is 310 g/mol. The minimum Gasteiger partial charge on any atom is -0.481 e. The quantitative estimate of drug-likeness (QED) is 0.928. The SMILES string of the molecule is Cc1nnc(-c2ccc(C(=O)N3CCCC(C(=O)O)C3C)cc2)o1. The molecule has 1 amide bonds. The van der Waals surface area contributed by atoms with E-state index in [1.807, 2.05) is 0 Å². The lowest BCUT2D eigenvalue weighted by Gasteiger charge is -2.37. The number of benzene rings is 1. The molecule has 24 heavy (non-hydrogen) atoms. The summed E-state index contributed by atoms with van der Waals surface area (Å²) < 4.78 is 5.36. The summed E-state index contributed by atoms with van der Waals surface area (Å²) in [6.45, 7) is 4.09. The van der Waals surface area contributed by atoms with E-state index < -0.39 is 11.9 Å². The summed E-state index contributed by atoms with van der Waals surface area (Å²) in [5.41, 5.74) is 1.26. The van der Waals surface area contributed by atoms with Crippen molar-refractivity contribution < 1.29 is 19.1 Å². The number of hydrogen-bond acceptors (Lipinski definition) is 5. The Morgan fingerprint density at radius 1 is 1.25 bits per heavy atom. The van der Waals surface area contributed by atoms with Gasteiger partial charge in [-0.25, -0.2) is 0 Å². The molecule has 126 valence electrons. The van der Waals surface area contributed by atoms with Crippen molar-refractivity contribution >= 4 is 11.9 Å². The largest absolute Gasteiger partial charge is 0.481 e. The zero-order valence-corrected chi connectivity index (χ0v) is 13.6. The van der Waals surface area contributed by atoms with Crippen molar-refractivity contribution in [2.24, 2.45) is 5.92 Å². The van der Waals surface area contributed by atoms with Crippen LogP contribution in [0.25, 0.3) is 11.5 Å². The van der Waals surface area contributed by atoms with E-state index in [0.717, 1.165) is 5.56 Å². The van der Waals surface area contributed by atoms with Gasteiger partial charge in [0, 0.05) is 30.6 Å². The lowest BCUT2D eigenvalue weighted by molar-refractivity contribution is -0.144. The predicted octanol–water partition coefficient (Wildman–Crippen LogP) is 2.37. The fourth-order valence-electron chi connectivity index (χ4n) is 3.09. The topological polar surface area (TPSA) is 96.5 Å².